The smallest absolute Gasteiger partial charge is 0.407 e. The number of esters is 1. The van der Waals surface area contributed by atoms with Crippen molar-refractivity contribution in [2.24, 2.45) is 0 Å². The predicted octanol–water partition coefficient (Wildman–Crippen LogP) is 5.93. The van der Waals surface area contributed by atoms with E-state index in [1.807, 2.05) is 19.9 Å². The second-order valence-corrected chi connectivity index (χ2v) is 8.45. The Kier molecular flexibility index (Phi) is 9.41. The minimum Gasteiger partial charge on any atom is -0.450 e. The molecule has 5 heteroatoms. The van der Waals surface area contributed by atoms with Crippen LogP contribution in [0.15, 0.2) is 46.6 Å². The number of rotatable bonds is 4. The molecule has 0 aromatic rings. The van der Waals surface area contributed by atoms with Crippen molar-refractivity contribution in [3.8, 4) is 0 Å². The van der Waals surface area contributed by atoms with Gasteiger partial charge in [0.25, 0.3) is 0 Å². The third-order valence-corrected chi connectivity index (χ3v) is 5.85. The Morgan fingerprint density at radius 3 is 2.70 bits per heavy atom. The lowest BCUT2D eigenvalue weighted by Gasteiger charge is -2.21. The Balaban J connectivity index is 2.15. The summed E-state index contributed by atoms with van der Waals surface area (Å²) in [5, 5.41) is 2.82. The Bertz CT molecular complexity index is 744. The molecule has 5 nitrogen and oxygen atoms in total. The van der Waals surface area contributed by atoms with Gasteiger partial charge in [-0.1, -0.05) is 37.1 Å². The molecular weight excluding hydrogens is 378 g/mol. The van der Waals surface area contributed by atoms with Gasteiger partial charge < -0.3 is 14.8 Å². The number of carbonyl (C=O) groups excluding carboxylic acids is 2. The summed E-state index contributed by atoms with van der Waals surface area (Å²) in [7, 11) is 0. The normalized spacial score (nSPS) is 27.2. The maximum absolute atomic E-state index is 12.2. The Hall–Kier alpha value is -2.30. The first-order valence-electron chi connectivity index (χ1n) is 11.2. The molecule has 2 aliphatic rings. The zero-order valence-corrected chi connectivity index (χ0v) is 19.0. The number of fused-ring (bicyclic) bond motifs is 1. The molecule has 1 aliphatic heterocycles. The van der Waals surface area contributed by atoms with E-state index in [2.05, 4.69) is 31.8 Å². The molecule has 0 radical (unpaired) electrons. The van der Waals surface area contributed by atoms with Crippen LogP contribution < -0.4 is 5.32 Å². The molecule has 0 spiro atoms. The van der Waals surface area contributed by atoms with E-state index in [9.17, 15) is 9.59 Å². The van der Waals surface area contributed by atoms with Crippen molar-refractivity contribution in [3.63, 3.8) is 0 Å². The summed E-state index contributed by atoms with van der Waals surface area (Å²) < 4.78 is 11.3. The van der Waals surface area contributed by atoms with E-state index in [0.717, 1.165) is 67.2 Å². The molecule has 30 heavy (non-hydrogen) atoms. The van der Waals surface area contributed by atoms with Crippen LogP contribution in [-0.4, -0.2) is 30.8 Å². The van der Waals surface area contributed by atoms with Crippen molar-refractivity contribution in [3.05, 3.63) is 46.6 Å². The van der Waals surface area contributed by atoms with E-state index in [1.54, 1.807) is 0 Å². The molecule has 2 atom stereocenters. The summed E-state index contributed by atoms with van der Waals surface area (Å²) >= 11 is 0. The van der Waals surface area contributed by atoms with Crippen molar-refractivity contribution in [2.75, 3.05) is 6.54 Å². The van der Waals surface area contributed by atoms with Gasteiger partial charge in [0.15, 0.2) is 0 Å². The summed E-state index contributed by atoms with van der Waals surface area (Å²) in [4.78, 5) is 24.3. The van der Waals surface area contributed by atoms with Gasteiger partial charge in [-0.3, -0.25) is 0 Å². The number of amides is 1. The first kappa shape index (κ1) is 24.0. The van der Waals surface area contributed by atoms with Crippen LogP contribution in [-0.2, 0) is 14.3 Å². The van der Waals surface area contributed by atoms with Crippen LogP contribution in [0.25, 0.3) is 0 Å². The largest absolute Gasteiger partial charge is 0.450 e. The second-order valence-electron chi connectivity index (χ2n) is 8.45. The number of carbonyl (C=O) groups is 2. The Labute approximate surface area is 181 Å². The third kappa shape index (κ3) is 7.19. The zero-order chi connectivity index (χ0) is 22.1. The maximum atomic E-state index is 12.2. The molecule has 0 bridgehead atoms. The second kappa shape index (κ2) is 11.8. The fourth-order valence-corrected chi connectivity index (χ4v) is 3.77. The number of nitrogens with one attached hydrogen (secondary N) is 1. The SMILES string of the molecule is C=C1CC/C=C(\C)CCC2=C(C)C(=O)O[C@H]2/C=C(\C)CC[C@@H]1OC(=O)NCCCC. The van der Waals surface area contributed by atoms with E-state index >= 15 is 0 Å². The van der Waals surface area contributed by atoms with Crippen LogP contribution in [0, 0.1) is 0 Å². The number of unbranched alkanes of at least 4 members (excludes halogenated alkanes) is 1. The standard InChI is InChI=1S/C25H37NO4/c1-6-7-15-26-25(28)30-22-14-12-18(3)16-23-21(20(5)24(27)29-23)13-11-17(2)9-8-10-19(22)4/h9,16,22-23H,4,6-8,10-15H2,1-3,5H3,(H,26,28)/b17-9+,18-16+/t22-,23-/m0/s1. The molecule has 166 valence electrons. The zero-order valence-electron chi connectivity index (χ0n) is 19.0. The van der Waals surface area contributed by atoms with Gasteiger partial charge in [-0.25, -0.2) is 9.59 Å². The van der Waals surface area contributed by atoms with Crippen molar-refractivity contribution < 1.29 is 19.1 Å². The van der Waals surface area contributed by atoms with Crippen molar-refractivity contribution in [2.45, 2.75) is 91.3 Å². The van der Waals surface area contributed by atoms with E-state index in [0.29, 0.717) is 13.0 Å². The van der Waals surface area contributed by atoms with Crippen LogP contribution in [0.4, 0.5) is 4.79 Å². The molecular formula is C25H37NO4. The lowest BCUT2D eigenvalue weighted by Crippen LogP contribution is -2.30. The number of allylic oxidation sites excluding steroid dienone is 3. The van der Waals surface area contributed by atoms with Crippen molar-refractivity contribution >= 4 is 12.1 Å². The summed E-state index contributed by atoms with van der Waals surface area (Å²) in [6.07, 6.45) is 10.0. The van der Waals surface area contributed by atoms with Crippen LogP contribution in [0.1, 0.15) is 79.1 Å². The highest BCUT2D eigenvalue weighted by molar-refractivity contribution is 5.92. The molecule has 0 fully saturated rings. The highest BCUT2D eigenvalue weighted by Crippen LogP contribution is 2.31. The molecule has 1 amide bonds. The van der Waals surface area contributed by atoms with Gasteiger partial charge in [-0.05, 0) is 82.9 Å². The fraction of sp³-hybridized carbons (Fsp3) is 0.600. The first-order chi connectivity index (χ1) is 14.3. The molecule has 1 heterocycles. The van der Waals surface area contributed by atoms with Gasteiger partial charge >= 0.3 is 12.1 Å². The first-order valence-corrected chi connectivity index (χ1v) is 11.2. The molecule has 0 aromatic carbocycles. The third-order valence-electron chi connectivity index (χ3n) is 5.85. The lowest BCUT2D eigenvalue weighted by molar-refractivity contribution is -0.138. The van der Waals surface area contributed by atoms with E-state index < -0.39 is 0 Å². The molecule has 1 aliphatic carbocycles. The van der Waals surface area contributed by atoms with Crippen LogP contribution in [0.2, 0.25) is 0 Å². The average Bonchev–Trinajstić information content (AvgIpc) is 2.95. The molecule has 0 saturated heterocycles. The Morgan fingerprint density at radius 1 is 1.20 bits per heavy atom. The van der Waals surface area contributed by atoms with Crippen LogP contribution >= 0.6 is 0 Å². The number of hydrogen-bond donors (Lipinski definition) is 1. The molecule has 1 N–H and O–H groups in total. The van der Waals surface area contributed by atoms with Crippen molar-refractivity contribution in [1.82, 2.24) is 5.32 Å². The van der Waals surface area contributed by atoms with Crippen LogP contribution in [0.5, 0.6) is 0 Å². The molecule has 0 saturated carbocycles. The number of hydrogen-bond acceptors (Lipinski definition) is 4. The van der Waals surface area contributed by atoms with Gasteiger partial charge in [0, 0.05) is 12.1 Å². The van der Waals surface area contributed by atoms with Gasteiger partial charge in [-0.15, -0.1) is 0 Å². The average molecular weight is 416 g/mol. The Morgan fingerprint density at radius 2 is 1.97 bits per heavy atom. The topological polar surface area (TPSA) is 64.6 Å². The quantitative estimate of drug-likeness (QED) is 0.351. The summed E-state index contributed by atoms with van der Waals surface area (Å²) in [6.45, 7) is 12.9. The van der Waals surface area contributed by atoms with E-state index in [4.69, 9.17) is 9.47 Å². The molecule has 2 rings (SSSR count). The van der Waals surface area contributed by atoms with Crippen LogP contribution in [0.3, 0.4) is 0 Å². The lowest BCUT2D eigenvalue weighted by atomic mass is 9.93. The van der Waals surface area contributed by atoms with Crippen molar-refractivity contribution in [1.29, 1.82) is 0 Å². The molecule has 0 unspecified atom stereocenters. The van der Waals surface area contributed by atoms with E-state index in [-0.39, 0.29) is 24.3 Å². The minimum atomic E-state index is -0.380. The highest BCUT2D eigenvalue weighted by atomic mass is 16.6. The van der Waals surface area contributed by atoms with Gasteiger partial charge in [0.2, 0.25) is 0 Å². The summed E-state index contributed by atoms with van der Waals surface area (Å²) in [5.74, 6) is -0.219. The fourth-order valence-electron chi connectivity index (χ4n) is 3.77. The number of ether oxygens (including phenoxy) is 2. The number of alkyl carbamates (subject to hydrolysis) is 1. The summed E-state index contributed by atoms with van der Waals surface area (Å²) in [5.41, 5.74) is 5.17. The van der Waals surface area contributed by atoms with Gasteiger partial charge in [0.1, 0.15) is 12.2 Å². The van der Waals surface area contributed by atoms with Gasteiger partial charge in [-0.2, -0.15) is 0 Å². The summed E-state index contributed by atoms with van der Waals surface area (Å²) in [6, 6.07) is 0. The maximum Gasteiger partial charge on any atom is 0.407 e. The monoisotopic (exact) mass is 415 g/mol. The molecule has 0 aromatic heterocycles. The van der Waals surface area contributed by atoms with Gasteiger partial charge in [0.05, 0.1) is 0 Å². The predicted molar refractivity (Wildman–Crippen MR) is 120 cm³/mol. The minimum absolute atomic E-state index is 0.219. The highest BCUT2D eigenvalue weighted by Gasteiger charge is 2.29. The van der Waals surface area contributed by atoms with E-state index in [1.165, 1.54) is 5.57 Å².